The molecule has 0 saturated heterocycles. The monoisotopic (exact) mass is 302 g/mol. The van der Waals surface area contributed by atoms with Gasteiger partial charge in [0.2, 0.25) is 10.0 Å². The number of aromatic nitrogens is 1. The van der Waals surface area contributed by atoms with Gasteiger partial charge in [0.15, 0.2) is 0 Å². The topological polar surface area (TPSA) is 59.1 Å². The quantitative estimate of drug-likeness (QED) is 0.934. The minimum absolute atomic E-state index is 0.00697. The lowest BCUT2D eigenvalue weighted by atomic mass is 9.79. The van der Waals surface area contributed by atoms with Crippen LogP contribution < -0.4 is 4.72 Å². The second-order valence-electron chi connectivity index (χ2n) is 5.39. The summed E-state index contributed by atoms with van der Waals surface area (Å²) >= 11 is 5.92. The Kier molecular flexibility index (Phi) is 4.48. The molecule has 4 nitrogen and oxygen atoms in total. The van der Waals surface area contributed by atoms with E-state index < -0.39 is 10.0 Å². The summed E-state index contributed by atoms with van der Waals surface area (Å²) in [6.07, 6.45) is 5.57. The van der Waals surface area contributed by atoms with Gasteiger partial charge in [0.25, 0.3) is 0 Å². The molecule has 106 valence electrons. The molecule has 0 amide bonds. The summed E-state index contributed by atoms with van der Waals surface area (Å²) in [7, 11) is -3.58. The summed E-state index contributed by atoms with van der Waals surface area (Å²) in [6, 6.07) is 1.48. The van der Waals surface area contributed by atoms with Gasteiger partial charge in [-0.25, -0.2) is 13.1 Å². The number of nitrogens with one attached hydrogen (secondary N) is 1. The third kappa shape index (κ3) is 3.46. The maximum Gasteiger partial charge on any atom is 0.243 e. The van der Waals surface area contributed by atoms with Gasteiger partial charge >= 0.3 is 0 Å². The van der Waals surface area contributed by atoms with Gasteiger partial charge in [-0.05, 0) is 37.2 Å². The average Bonchev–Trinajstić information content (AvgIpc) is 2.34. The molecule has 1 N–H and O–H groups in total. The first-order valence-corrected chi connectivity index (χ1v) is 8.38. The molecule has 2 rings (SSSR count). The van der Waals surface area contributed by atoms with Crippen LogP contribution >= 0.6 is 11.6 Å². The van der Waals surface area contributed by atoms with E-state index in [9.17, 15) is 8.42 Å². The largest absolute Gasteiger partial charge is 0.263 e. The summed E-state index contributed by atoms with van der Waals surface area (Å²) in [4.78, 5) is 3.89. The molecule has 1 aromatic heterocycles. The molecule has 1 aliphatic rings. The molecule has 0 aliphatic heterocycles. The molecule has 6 heteroatoms. The molecular formula is C13H19ClN2O2S. The van der Waals surface area contributed by atoms with Crippen LogP contribution in [0.3, 0.4) is 0 Å². The molecule has 0 spiro atoms. The zero-order valence-corrected chi connectivity index (χ0v) is 12.7. The molecule has 1 heterocycles. The van der Waals surface area contributed by atoms with Crippen molar-refractivity contribution in [2.24, 2.45) is 11.8 Å². The number of pyridine rings is 1. The van der Waals surface area contributed by atoms with E-state index in [1.807, 2.05) is 0 Å². The summed E-state index contributed by atoms with van der Waals surface area (Å²) in [6.45, 7) is 4.38. The van der Waals surface area contributed by atoms with Crippen molar-refractivity contribution in [3.8, 4) is 0 Å². The zero-order chi connectivity index (χ0) is 14.0. The number of hydrogen-bond acceptors (Lipinski definition) is 3. The van der Waals surface area contributed by atoms with E-state index >= 15 is 0 Å². The normalized spacial score (nSPS) is 28.3. The van der Waals surface area contributed by atoms with E-state index in [4.69, 9.17) is 11.6 Å². The Labute approximate surface area is 119 Å². The summed E-state index contributed by atoms with van der Waals surface area (Å²) in [5.74, 6) is 1.19. The summed E-state index contributed by atoms with van der Waals surface area (Å²) < 4.78 is 27.3. The fourth-order valence-electron chi connectivity index (χ4n) is 2.50. The molecule has 0 bridgehead atoms. The maximum atomic E-state index is 12.3. The van der Waals surface area contributed by atoms with Crippen LogP contribution in [0, 0.1) is 11.8 Å². The highest BCUT2D eigenvalue weighted by molar-refractivity contribution is 7.89. The van der Waals surface area contributed by atoms with Gasteiger partial charge in [0.05, 0.1) is 5.02 Å². The standard InChI is InChI=1S/C13H19ClN2O2S/c1-9-3-4-11(7-10(9)2)16-19(17,18)13-8-15-6-5-12(13)14/h5-6,8-11,16H,3-4,7H2,1-2H3. The number of sulfonamides is 1. The highest BCUT2D eigenvalue weighted by atomic mass is 35.5. The molecule has 3 unspecified atom stereocenters. The molecule has 1 saturated carbocycles. The van der Waals surface area contributed by atoms with Crippen molar-refractivity contribution >= 4 is 21.6 Å². The Hall–Kier alpha value is -0.650. The second-order valence-corrected chi connectivity index (χ2v) is 7.48. The molecule has 0 aromatic carbocycles. The first-order valence-electron chi connectivity index (χ1n) is 6.52. The van der Waals surface area contributed by atoms with Gasteiger partial charge in [-0.1, -0.05) is 25.4 Å². The number of rotatable bonds is 3. The third-order valence-corrected chi connectivity index (χ3v) is 5.93. The van der Waals surface area contributed by atoms with Crippen LogP contribution in [-0.2, 0) is 10.0 Å². The predicted octanol–water partition coefficient (Wildman–Crippen LogP) is 2.84. The minimum atomic E-state index is -3.58. The lowest BCUT2D eigenvalue weighted by Crippen LogP contribution is -2.39. The van der Waals surface area contributed by atoms with Gasteiger partial charge < -0.3 is 0 Å². The van der Waals surface area contributed by atoms with E-state index in [0.717, 1.165) is 19.3 Å². The van der Waals surface area contributed by atoms with Gasteiger partial charge in [-0.3, -0.25) is 4.98 Å². The molecule has 1 aromatic rings. The molecule has 1 aliphatic carbocycles. The van der Waals surface area contributed by atoms with Crippen molar-refractivity contribution in [1.82, 2.24) is 9.71 Å². The number of halogens is 1. The van der Waals surface area contributed by atoms with Crippen molar-refractivity contribution < 1.29 is 8.42 Å². The zero-order valence-electron chi connectivity index (χ0n) is 11.1. The van der Waals surface area contributed by atoms with E-state index in [1.165, 1.54) is 18.5 Å². The molecule has 1 fully saturated rings. The van der Waals surface area contributed by atoms with Gasteiger partial charge in [-0.15, -0.1) is 0 Å². The Morgan fingerprint density at radius 2 is 2.05 bits per heavy atom. The van der Waals surface area contributed by atoms with E-state index in [1.54, 1.807) is 0 Å². The Bertz CT molecular complexity index is 547. The maximum absolute atomic E-state index is 12.3. The Balaban J connectivity index is 2.12. The number of nitrogens with zero attached hydrogens (tertiary/aromatic N) is 1. The molecule has 19 heavy (non-hydrogen) atoms. The summed E-state index contributed by atoms with van der Waals surface area (Å²) in [5.41, 5.74) is 0. The second kappa shape index (κ2) is 5.77. The average molecular weight is 303 g/mol. The van der Waals surface area contributed by atoms with Gasteiger partial charge in [-0.2, -0.15) is 0 Å². The van der Waals surface area contributed by atoms with Gasteiger partial charge in [0.1, 0.15) is 4.90 Å². The van der Waals surface area contributed by atoms with Crippen LogP contribution in [0.15, 0.2) is 23.4 Å². The van der Waals surface area contributed by atoms with E-state index in [-0.39, 0.29) is 16.0 Å². The van der Waals surface area contributed by atoms with E-state index in [2.05, 4.69) is 23.6 Å². The Morgan fingerprint density at radius 3 is 2.68 bits per heavy atom. The van der Waals surface area contributed by atoms with Crippen molar-refractivity contribution in [2.75, 3.05) is 0 Å². The van der Waals surface area contributed by atoms with Crippen molar-refractivity contribution in [3.05, 3.63) is 23.5 Å². The predicted molar refractivity (Wildman–Crippen MR) is 75.5 cm³/mol. The summed E-state index contributed by atoms with van der Waals surface area (Å²) in [5, 5.41) is 0.208. The van der Waals surface area contributed by atoms with Crippen molar-refractivity contribution in [2.45, 2.75) is 44.0 Å². The van der Waals surface area contributed by atoms with Crippen molar-refractivity contribution in [1.29, 1.82) is 0 Å². The van der Waals surface area contributed by atoms with Crippen LogP contribution in [-0.4, -0.2) is 19.4 Å². The van der Waals surface area contributed by atoms with Crippen molar-refractivity contribution in [3.63, 3.8) is 0 Å². The van der Waals surface area contributed by atoms with Gasteiger partial charge in [0, 0.05) is 18.4 Å². The van der Waals surface area contributed by atoms with Crippen LogP contribution in [0.25, 0.3) is 0 Å². The molecule has 3 atom stereocenters. The fraction of sp³-hybridized carbons (Fsp3) is 0.615. The smallest absolute Gasteiger partial charge is 0.243 e. The third-order valence-electron chi connectivity index (χ3n) is 3.94. The first-order chi connectivity index (χ1) is 8.90. The molecule has 0 radical (unpaired) electrons. The fourth-order valence-corrected chi connectivity index (χ4v) is 4.21. The van der Waals surface area contributed by atoms with E-state index in [0.29, 0.717) is 11.8 Å². The first kappa shape index (κ1) is 14.8. The lowest BCUT2D eigenvalue weighted by Gasteiger charge is -2.32. The number of hydrogen-bond donors (Lipinski definition) is 1. The highest BCUT2D eigenvalue weighted by Gasteiger charge is 2.29. The highest BCUT2D eigenvalue weighted by Crippen LogP contribution is 2.30. The van der Waals surface area contributed by atoms with Crippen LogP contribution in [0.1, 0.15) is 33.1 Å². The lowest BCUT2D eigenvalue weighted by molar-refractivity contribution is 0.242. The van der Waals surface area contributed by atoms with Crippen LogP contribution in [0.4, 0.5) is 0 Å². The van der Waals surface area contributed by atoms with Crippen LogP contribution in [0.2, 0.25) is 5.02 Å². The van der Waals surface area contributed by atoms with Crippen LogP contribution in [0.5, 0.6) is 0 Å². The molecular weight excluding hydrogens is 284 g/mol. The SMILES string of the molecule is CC1CCC(NS(=O)(=O)c2cnccc2Cl)CC1C. The minimum Gasteiger partial charge on any atom is -0.263 e. The Morgan fingerprint density at radius 1 is 1.32 bits per heavy atom.